The highest BCUT2D eigenvalue weighted by molar-refractivity contribution is 6.07. The zero-order valence-electron chi connectivity index (χ0n) is 19.7. The highest BCUT2D eigenvalue weighted by Gasteiger charge is 2.29. The summed E-state index contributed by atoms with van der Waals surface area (Å²) in [6, 6.07) is 17.4. The SMILES string of the molecule is COc1cc(-c2cc(C(=O)N3CCn4cccc4C3C)c3ccccc3n2)cc(OC)c1OC. The van der Waals surface area contributed by atoms with Crippen molar-refractivity contribution in [2.75, 3.05) is 27.9 Å². The van der Waals surface area contributed by atoms with E-state index in [0.717, 1.165) is 28.7 Å². The largest absolute Gasteiger partial charge is 0.493 e. The van der Waals surface area contributed by atoms with Gasteiger partial charge in [-0.1, -0.05) is 18.2 Å². The Hall–Kier alpha value is -4.00. The molecule has 2 aromatic heterocycles. The molecule has 4 aromatic rings. The predicted molar refractivity (Wildman–Crippen MR) is 131 cm³/mol. The molecule has 7 nitrogen and oxygen atoms in total. The number of amides is 1. The van der Waals surface area contributed by atoms with Crippen molar-refractivity contribution in [1.29, 1.82) is 0 Å². The Morgan fingerprint density at radius 1 is 0.941 bits per heavy atom. The Labute approximate surface area is 198 Å². The Balaban J connectivity index is 1.64. The summed E-state index contributed by atoms with van der Waals surface area (Å²) in [4.78, 5) is 20.7. The second-order valence-corrected chi connectivity index (χ2v) is 8.29. The molecule has 174 valence electrons. The fourth-order valence-corrected chi connectivity index (χ4v) is 4.74. The average molecular weight is 458 g/mol. The van der Waals surface area contributed by atoms with Gasteiger partial charge in [0.05, 0.1) is 44.1 Å². The molecule has 34 heavy (non-hydrogen) atoms. The van der Waals surface area contributed by atoms with E-state index >= 15 is 0 Å². The van der Waals surface area contributed by atoms with Crippen molar-refractivity contribution < 1.29 is 19.0 Å². The maximum atomic E-state index is 13.9. The van der Waals surface area contributed by atoms with Gasteiger partial charge < -0.3 is 23.7 Å². The van der Waals surface area contributed by atoms with E-state index in [1.165, 1.54) is 0 Å². The molecular weight excluding hydrogens is 430 g/mol. The summed E-state index contributed by atoms with van der Waals surface area (Å²) >= 11 is 0. The van der Waals surface area contributed by atoms with Crippen LogP contribution in [0.25, 0.3) is 22.2 Å². The van der Waals surface area contributed by atoms with Crippen molar-refractivity contribution in [2.45, 2.75) is 19.5 Å². The van der Waals surface area contributed by atoms with Crippen LogP contribution in [0.2, 0.25) is 0 Å². The van der Waals surface area contributed by atoms with Crippen molar-refractivity contribution in [3.63, 3.8) is 0 Å². The number of methoxy groups -OCH3 is 3. The van der Waals surface area contributed by atoms with Crippen LogP contribution in [-0.2, 0) is 6.54 Å². The van der Waals surface area contributed by atoms with Crippen LogP contribution in [-0.4, -0.2) is 48.2 Å². The van der Waals surface area contributed by atoms with Crippen LogP contribution in [0.15, 0.2) is 60.8 Å². The van der Waals surface area contributed by atoms with Crippen LogP contribution in [0.1, 0.15) is 29.0 Å². The molecule has 0 N–H and O–H groups in total. The molecule has 0 spiro atoms. The van der Waals surface area contributed by atoms with Crippen molar-refractivity contribution in [3.05, 3.63) is 72.1 Å². The van der Waals surface area contributed by atoms with Gasteiger partial charge in [-0.25, -0.2) is 4.98 Å². The van der Waals surface area contributed by atoms with Crippen LogP contribution >= 0.6 is 0 Å². The third-order valence-electron chi connectivity index (χ3n) is 6.51. The van der Waals surface area contributed by atoms with E-state index in [-0.39, 0.29) is 11.9 Å². The number of hydrogen-bond donors (Lipinski definition) is 0. The minimum absolute atomic E-state index is 0.00718. The normalized spacial score (nSPS) is 15.2. The molecule has 3 heterocycles. The molecule has 1 aliphatic heterocycles. The first-order valence-electron chi connectivity index (χ1n) is 11.2. The second-order valence-electron chi connectivity index (χ2n) is 8.29. The first-order valence-corrected chi connectivity index (χ1v) is 11.2. The molecule has 2 aromatic carbocycles. The monoisotopic (exact) mass is 457 g/mol. The van der Waals surface area contributed by atoms with E-state index in [2.05, 4.69) is 23.8 Å². The number of nitrogens with zero attached hydrogens (tertiary/aromatic N) is 3. The zero-order chi connectivity index (χ0) is 23.8. The van der Waals surface area contributed by atoms with Gasteiger partial charge in [-0.15, -0.1) is 0 Å². The molecule has 0 radical (unpaired) electrons. The molecule has 1 amide bonds. The van der Waals surface area contributed by atoms with Crippen LogP contribution in [0.5, 0.6) is 17.2 Å². The van der Waals surface area contributed by atoms with Crippen molar-refractivity contribution >= 4 is 16.8 Å². The van der Waals surface area contributed by atoms with Gasteiger partial charge in [0.2, 0.25) is 5.75 Å². The lowest BCUT2D eigenvalue weighted by molar-refractivity contribution is 0.0646. The maximum Gasteiger partial charge on any atom is 0.255 e. The smallest absolute Gasteiger partial charge is 0.255 e. The van der Waals surface area contributed by atoms with E-state index in [1.54, 1.807) is 21.3 Å². The molecule has 0 saturated heterocycles. The molecule has 0 aliphatic carbocycles. The van der Waals surface area contributed by atoms with Crippen LogP contribution in [0, 0.1) is 0 Å². The summed E-state index contributed by atoms with van der Waals surface area (Å²) in [5.74, 6) is 1.57. The van der Waals surface area contributed by atoms with Gasteiger partial charge in [-0.3, -0.25) is 4.79 Å². The Kier molecular flexibility index (Phi) is 5.61. The number of ether oxygens (including phenoxy) is 3. The van der Waals surface area contributed by atoms with E-state index < -0.39 is 0 Å². The lowest BCUT2D eigenvalue weighted by Crippen LogP contribution is -2.40. The topological polar surface area (TPSA) is 65.8 Å². The second kappa shape index (κ2) is 8.74. The lowest BCUT2D eigenvalue weighted by atomic mass is 10.0. The molecule has 1 unspecified atom stereocenters. The van der Waals surface area contributed by atoms with Gasteiger partial charge in [-0.05, 0) is 43.3 Å². The van der Waals surface area contributed by atoms with Gasteiger partial charge in [-0.2, -0.15) is 0 Å². The van der Waals surface area contributed by atoms with E-state index in [1.807, 2.05) is 53.4 Å². The van der Waals surface area contributed by atoms with Crippen molar-refractivity contribution in [1.82, 2.24) is 14.5 Å². The predicted octanol–water partition coefficient (Wildman–Crippen LogP) is 4.95. The molecule has 7 heteroatoms. The Bertz CT molecular complexity index is 1350. The van der Waals surface area contributed by atoms with Crippen LogP contribution in [0.4, 0.5) is 0 Å². The third kappa shape index (κ3) is 3.53. The van der Waals surface area contributed by atoms with Crippen molar-refractivity contribution in [3.8, 4) is 28.5 Å². The number of rotatable bonds is 5. The van der Waals surface area contributed by atoms with E-state index in [9.17, 15) is 4.79 Å². The molecule has 0 fully saturated rings. The van der Waals surface area contributed by atoms with Gasteiger partial charge in [0.15, 0.2) is 11.5 Å². The first kappa shape index (κ1) is 21.8. The summed E-state index contributed by atoms with van der Waals surface area (Å²) in [5.41, 5.74) is 3.96. The Morgan fingerprint density at radius 3 is 2.38 bits per heavy atom. The highest BCUT2D eigenvalue weighted by Crippen LogP contribution is 2.41. The standard InChI is InChI=1S/C27H27N3O4/c1-17-23-10-7-11-29(23)12-13-30(17)27(31)20-16-22(28-21-9-6-5-8-19(20)21)18-14-24(32-2)26(34-4)25(15-18)33-3/h5-11,14-17H,12-13H2,1-4H3. The number of hydrogen-bond acceptors (Lipinski definition) is 5. The molecule has 0 bridgehead atoms. The summed E-state index contributed by atoms with van der Waals surface area (Å²) in [6.45, 7) is 3.51. The van der Waals surface area contributed by atoms with Gasteiger partial charge in [0.1, 0.15) is 0 Å². The Morgan fingerprint density at radius 2 is 1.68 bits per heavy atom. The van der Waals surface area contributed by atoms with Gasteiger partial charge in [0, 0.05) is 35.9 Å². The lowest BCUT2D eigenvalue weighted by Gasteiger charge is -2.35. The van der Waals surface area contributed by atoms with Gasteiger partial charge in [0.25, 0.3) is 5.91 Å². The minimum atomic E-state index is -0.0206. The van der Waals surface area contributed by atoms with Crippen LogP contribution in [0.3, 0.4) is 0 Å². The number of aromatic nitrogens is 2. The zero-order valence-corrected chi connectivity index (χ0v) is 19.7. The maximum absolute atomic E-state index is 13.9. The number of para-hydroxylation sites is 1. The van der Waals surface area contributed by atoms with E-state index in [4.69, 9.17) is 19.2 Å². The number of pyridine rings is 1. The van der Waals surface area contributed by atoms with E-state index in [0.29, 0.717) is 35.1 Å². The molecular formula is C27H27N3O4. The molecule has 0 saturated carbocycles. The number of carbonyl (C=O) groups excluding carboxylic acids is 1. The molecule has 1 aliphatic rings. The molecule has 1 atom stereocenters. The van der Waals surface area contributed by atoms with Crippen LogP contribution < -0.4 is 14.2 Å². The summed E-state index contributed by atoms with van der Waals surface area (Å²) in [7, 11) is 4.73. The number of fused-ring (bicyclic) bond motifs is 2. The highest BCUT2D eigenvalue weighted by atomic mass is 16.5. The first-order chi connectivity index (χ1) is 16.5. The summed E-state index contributed by atoms with van der Waals surface area (Å²) in [5, 5.41) is 0.830. The third-order valence-corrected chi connectivity index (χ3v) is 6.51. The van der Waals surface area contributed by atoms with Crippen molar-refractivity contribution in [2.24, 2.45) is 0 Å². The number of carbonyl (C=O) groups is 1. The average Bonchev–Trinajstić information content (AvgIpc) is 3.37. The summed E-state index contributed by atoms with van der Waals surface area (Å²) < 4.78 is 18.7. The quantitative estimate of drug-likeness (QED) is 0.424. The molecule has 5 rings (SSSR count). The number of benzene rings is 2. The summed E-state index contributed by atoms with van der Waals surface area (Å²) in [6.07, 6.45) is 2.07. The fourth-order valence-electron chi connectivity index (χ4n) is 4.74. The fraction of sp³-hybridized carbons (Fsp3) is 0.259. The van der Waals surface area contributed by atoms with Gasteiger partial charge >= 0.3 is 0 Å². The minimum Gasteiger partial charge on any atom is -0.493 e.